The van der Waals surface area contributed by atoms with Gasteiger partial charge in [-0.05, 0) is 5.56 Å². The molecule has 1 aliphatic rings. The summed E-state index contributed by atoms with van der Waals surface area (Å²) in [6.45, 7) is 0. The smallest absolute Gasteiger partial charge is 0.235 e. The van der Waals surface area contributed by atoms with Crippen molar-refractivity contribution in [2.24, 2.45) is 0 Å². The molecule has 0 aliphatic carbocycles. The third-order valence-corrected chi connectivity index (χ3v) is 5.35. The molecule has 0 spiro atoms. The Morgan fingerprint density at radius 1 is 1.08 bits per heavy atom. The Hall–Kier alpha value is -2.80. The quantitative estimate of drug-likeness (QED) is 0.758. The molecule has 0 radical (unpaired) electrons. The molecular weight excluding hydrogens is 334 g/mol. The van der Waals surface area contributed by atoms with Crippen molar-refractivity contribution in [2.45, 2.75) is 16.4 Å². The maximum Gasteiger partial charge on any atom is 0.235 e. The first kappa shape index (κ1) is 15.7. The number of aromatic nitrogens is 3. The Bertz CT molecular complexity index is 881. The van der Waals surface area contributed by atoms with Gasteiger partial charge in [0, 0.05) is 12.6 Å². The van der Waals surface area contributed by atoms with E-state index in [1.54, 1.807) is 7.05 Å². The van der Waals surface area contributed by atoms with Crippen LogP contribution in [0.25, 0.3) is 11.4 Å². The lowest BCUT2D eigenvalue weighted by molar-refractivity contribution is -0.120. The molecule has 2 atom stereocenters. The highest BCUT2D eigenvalue weighted by Gasteiger charge is 2.37. The fourth-order valence-electron chi connectivity index (χ4n) is 2.88. The summed E-state index contributed by atoms with van der Waals surface area (Å²) in [5.74, 6) is 0.696. The molecule has 25 heavy (non-hydrogen) atoms. The van der Waals surface area contributed by atoms with Crippen LogP contribution in [-0.4, -0.2) is 33.1 Å². The molecule has 7 heteroatoms. The predicted octanol–water partition coefficient (Wildman–Crippen LogP) is 2.45. The molecule has 2 aromatic carbocycles. The number of carbonyl (C=O) groups excluding carboxylic acids is 1. The van der Waals surface area contributed by atoms with E-state index in [1.165, 1.54) is 11.8 Å². The van der Waals surface area contributed by atoms with Crippen LogP contribution in [0.4, 0.5) is 0 Å². The number of carbonyl (C=O) groups is 1. The van der Waals surface area contributed by atoms with Gasteiger partial charge in [0.15, 0.2) is 5.82 Å². The van der Waals surface area contributed by atoms with E-state index >= 15 is 0 Å². The minimum absolute atomic E-state index is 0.0399. The zero-order chi connectivity index (χ0) is 17.2. The molecule has 2 N–H and O–H groups in total. The summed E-state index contributed by atoms with van der Waals surface area (Å²) in [6.07, 6.45) is 0. The number of nitrogens with one attached hydrogen (secondary N) is 2. The molecule has 1 aliphatic heterocycles. The van der Waals surface area contributed by atoms with Crippen molar-refractivity contribution in [1.29, 1.82) is 0 Å². The standard InChI is InChI=1S/C18H17N5OS/c1-19-17(24)15-14(12-8-4-2-5-9-12)22-23-16(20-21-18(23)25-15)13-10-6-3-7-11-13/h2-11,14-15,22H,1H3,(H,19,24). The van der Waals surface area contributed by atoms with Gasteiger partial charge in [0.05, 0.1) is 6.04 Å². The predicted molar refractivity (Wildman–Crippen MR) is 97.7 cm³/mol. The Morgan fingerprint density at radius 3 is 2.44 bits per heavy atom. The normalized spacial score (nSPS) is 18.9. The number of thioether (sulfide) groups is 1. The molecule has 0 saturated carbocycles. The van der Waals surface area contributed by atoms with Gasteiger partial charge in [0.25, 0.3) is 0 Å². The molecule has 2 unspecified atom stereocenters. The van der Waals surface area contributed by atoms with Crippen molar-refractivity contribution in [3.05, 3.63) is 66.2 Å². The maximum atomic E-state index is 12.4. The van der Waals surface area contributed by atoms with E-state index in [4.69, 9.17) is 0 Å². The van der Waals surface area contributed by atoms with Gasteiger partial charge in [0.1, 0.15) is 5.25 Å². The van der Waals surface area contributed by atoms with Gasteiger partial charge in [-0.25, -0.2) is 4.68 Å². The summed E-state index contributed by atoms with van der Waals surface area (Å²) in [6, 6.07) is 19.7. The molecular formula is C18H17N5OS. The maximum absolute atomic E-state index is 12.4. The highest BCUT2D eigenvalue weighted by Crippen LogP contribution is 2.38. The van der Waals surface area contributed by atoms with Crippen LogP contribution < -0.4 is 10.7 Å². The van der Waals surface area contributed by atoms with Gasteiger partial charge < -0.3 is 10.7 Å². The molecule has 4 rings (SSSR count). The molecule has 1 aromatic heterocycles. The first-order chi connectivity index (χ1) is 12.3. The van der Waals surface area contributed by atoms with Crippen LogP contribution in [0.15, 0.2) is 65.8 Å². The van der Waals surface area contributed by atoms with Gasteiger partial charge in [-0.15, -0.1) is 10.2 Å². The average molecular weight is 351 g/mol. The van der Waals surface area contributed by atoms with Crippen LogP contribution in [0.1, 0.15) is 11.6 Å². The Morgan fingerprint density at radius 2 is 1.76 bits per heavy atom. The summed E-state index contributed by atoms with van der Waals surface area (Å²) < 4.78 is 1.87. The van der Waals surface area contributed by atoms with Crippen molar-refractivity contribution < 1.29 is 4.79 Å². The molecule has 126 valence electrons. The van der Waals surface area contributed by atoms with Gasteiger partial charge in [-0.3, -0.25) is 4.79 Å². The highest BCUT2D eigenvalue weighted by molar-refractivity contribution is 8.00. The number of nitrogens with zero attached hydrogens (tertiary/aromatic N) is 3. The number of hydrogen-bond acceptors (Lipinski definition) is 5. The minimum Gasteiger partial charge on any atom is -0.358 e. The Balaban J connectivity index is 1.77. The number of benzene rings is 2. The molecule has 0 bridgehead atoms. The van der Waals surface area contributed by atoms with Crippen LogP contribution >= 0.6 is 11.8 Å². The summed E-state index contributed by atoms with van der Waals surface area (Å²) in [5, 5.41) is 11.7. The van der Waals surface area contributed by atoms with E-state index in [2.05, 4.69) is 20.9 Å². The summed E-state index contributed by atoms with van der Waals surface area (Å²) in [7, 11) is 1.65. The fourth-order valence-corrected chi connectivity index (χ4v) is 4.02. The van der Waals surface area contributed by atoms with E-state index in [0.717, 1.165) is 17.0 Å². The molecule has 2 heterocycles. The third-order valence-electron chi connectivity index (χ3n) is 4.13. The van der Waals surface area contributed by atoms with E-state index in [1.807, 2.05) is 65.3 Å². The summed E-state index contributed by atoms with van der Waals surface area (Å²) in [5.41, 5.74) is 5.45. The number of hydrogen-bond donors (Lipinski definition) is 2. The van der Waals surface area contributed by atoms with Crippen LogP contribution in [0.5, 0.6) is 0 Å². The minimum atomic E-state index is -0.326. The summed E-state index contributed by atoms with van der Waals surface area (Å²) in [4.78, 5) is 12.4. The second-order valence-electron chi connectivity index (χ2n) is 5.68. The van der Waals surface area contributed by atoms with Crippen molar-refractivity contribution in [3.63, 3.8) is 0 Å². The highest BCUT2D eigenvalue weighted by atomic mass is 32.2. The zero-order valence-electron chi connectivity index (χ0n) is 13.6. The summed E-state index contributed by atoms with van der Waals surface area (Å²) >= 11 is 1.42. The first-order valence-electron chi connectivity index (χ1n) is 7.98. The van der Waals surface area contributed by atoms with Gasteiger partial charge >= 0.3 is 0 Å². The molecule has 0 fully saturated rings. The average Bonchev–Trinajstić information content (AvgIpc) is 3.10. The Labute approximate surface area is 149 Å². The van der Waals surface area contributed by atoms with Gasteiger partial charge in [-0.1, -0.05) is 72.4 Å². The van der Waals surface area contributed by atoms with Gasteiger partial charge in [-0.2, -0.15) is 0 Å². The molecule has 0 saturated heterocycles. The lowest BCUT2D eigenvalue weighted by Crippen LogP contribution is -2.43. The molecule has 1 amide bonds. The topological polar surface area (TPSA) is 71.8 Å². The van der Waals surface area contributed by atoms with Gasteiger partial charge in [0.2, 0.25) is 11.1 Å². The third kappa shape index (κ3) is 2.87. The molecule has 3 aromatic rings. The van der Waals surface area contributed by atoms with Crippen LogP contribution in [0, 0.1) is 0 Å². The first-order valence-corrected chi connectivity index (χ1v) is 8.86. The van der Waals surface area contributed by atoms with Crippen molar-refractivity contribution in [3.8, 4) is 11.4 Å². The number of fused-ring (bicyclic) bond motifs is 1. The van der Waals surface area contributed by atoms with E-state index in [0.29, 0.717) is 5.16 Å². The van der Waals surface area contributed by atoms with Crippen LogP contribution in [0.3, 0.4) is 0 Å². The van der Waals surface area contributed by atoms with Crippen molar-refractivity contribution in [2.75, 3.05) is 12.5 Å². The van der Waals surface area contributed by atoms with Crippen molar-refractivity contribution >= 4 is 17.7 Å². The SMILES string of the molecule is CNC(=O)C1Sc2nnc(-c3ccccc3)n2NC1c1ccccc1. The number of rotatable bonds is 3. The second-order valence-corrected chi connectivity index (χ2v) is 6.79. The fraction of sp³-hybridized carbons (Fsp3) is 0.167. The van der Waals surface area contributed by atoms with E-state index in [9.17, 15) is 4.79 Å². The van der Waals surface area contributed by atoms with E-state index < -0.39 is 0 Å². The zero-order valence-corrected chi connectivity index (χ0v) is 14.4. The monoisotopic (exact) mass is 351 g/mol. The lowest BCUT2D eigenvalue weighted by atomic mass is 10.0. The number of amides is 1. The largest absolute Gasteiger partial charge is 0.358 e. The van der Waals surface area contributed by atoms with Crippen molar-refractivity contribution in [1.82, 2.24) is 20.2 Å². The second kappa shape index (κ2) is 6.60. The molecule has 6 nitrogen and oxygen atoms in total. The van der Waals surface area contributed by atoms with Crippen LogP contribution in [-0.2, 0) is 4.79 Å². The Kier molecular flexibility index (Phi) is 4.15. The lowest BCUT2D eigenvalue weighted by Gasteiger charge is -2.32. The van der Waals surface area contributed by atoms with Crippen LogP contribution in [0.2, 0.25) is 0 Å². The van der Waals surface area contributed by atoms with E-state index in [-0.39, 0.29) is 17.2 Å².